The number of anilines is 2. The summed E-state index contributed by atoms with van der Waals surface area (Å²) in [6, 6.07) is 17.6. The summed E-state index contributed by atoms with van der Waals surface area (Å²) in [5.41, 5.74) is 3.82. The summed E-state index contributed by atoms with van der Waals surface area (Å²) in [7, 11) is 0. The summed E-state index contributed by atoms with van der Waals surface area (Å²) < 4.78 is 1.32. The van der Waals surface area contributed by atoms with E-state index < -0.39 is 0 Å². The molecule has 0 unspecified atom stereocenters. The normalized spacial score (nSPS) is 10.9. The van der Waals surface area contributed by atoms with Crippen molar-refractivity contribution in [1.29, 1.82) is 0 Å². The Morgan fingerprint density at radius 2 is 1.81 bits per heavy atom. The van der Waals surface area contributed by atoms with Gasteiger partial charge in [-0.05, 0) is 37.0 Å². The number of H-pyrrole nitrogens is 1. The van der Waals surface area contributed by atoms with Crippen LogP contribution < -0.4 is 16.2 Å². The maximum absolute atomic E-state index is 13.0. The zero-order valence-corrected chi connectivity index (χ0v) is 18.2. The molecule has 0 bridgehead atoms. The third kappa shape index (κ3) is 4.69. The van der Waals surface area contributed by atoms with Crippen LogP contribution in [0.25, 0.3) is 5.78 Å². The number of aromatic amines is 1. The molecule has 2 aromatic carbocycles. The van der Waals surface area contributed by atoms with Crippen LogP contribution in [0.2, 0.25) is 0 Å². The Labute approximate surface area is 185 Å². The number of fused-ring (bicyclic) bond motifs is 1. The van der Waals surface area contributed by atoms with Gasteiger partial charge in [-0.2, -0.15) is 9.50 Å². The molecule has 2 heterocycles. The average Bonchev–Trinajstić information content (AvgIpc) is 3.21. The first-order chi connectivity index (χ1) is 15.5. The molecule has 0 atom stereocenters. The second-order valence-corrected chi connectivity index (χ2v) is 7.59. The number of aryl methyl sites for hydroxylation is 2. The Bertz CT molecular complexity index is 1290. The van der Waals surface area contributed by atoms with Crippen molar-refractivity contribution in [3.63, 3.8) is 0 Å². The number of carbonyl (C=O) groups is 1. The molecule has 164 valence electrons. The zero-order chi connectivity index (χ0) is 22.5. The summed E-state index contributed by atoms with van der Waals surface area (Å²) in [6.07, 6.45) is 1.32. The van der Waals surface area contributed by atoms with Gasteiger partial charge in [-0.25, -0.2) is 4.98 Å². The summed E-state index contributed by atoms with van der Waals surface area (Å²) in [4.78, 5) is 34.3. The van der Waals surface area contributed by atoms with Crippen molar-refractivity contribution in [2.24, 2.45) is 0 Å². The number of hydrogen-bond acceptors (Lipinski definition) is 5. The Hall–Kier alpha value is -3.94. The van der Waals surface area contributed by atoms with E-state index in [1.807, 2.05) is 61.5 Å². The molecule has 32 heavy (non-hydrogen) atoms. The zero-order valence-electron chi connectivity index (χ0n) is 18.2. The van der Waals surface area contributed by atoms with Gasteiger partial charge in [-0.15, -0.1) is 0 Å². The van der Waals surface area contributed by atoms with Crippen LogP contribution in [0.4, 0.5) is 11.6 Å². The van der Waals surface area contributed by atoms with E-state index in [0.29, 0.717) is 35.9 Å². The van der Waals surface area contributed by atoms with E-state index in [2.05, 4.69) is 25.7 Å². The number of rotatable bonds is 8. The van der Waals surface area contributed by atoms with Crippen LogP contribution in [-0.4, -0.2) is 25.5 Å². The molecule has 4 aromatic rings. The molecule has 0 aliphatic carbocycles. The minimum absolute atomic E-state index is 0.135. The van der Waals surface area contributed by atoms with Crippen LogP contribution in [0.15, 0.2) is 59.4 Å². The first-order valence-electron chi connectivity index (χ1n) is 10.7. The number of nitrogens with one attached hydrogen (secondary N) is 3. The fraction of sp³-hybridized carbons (Fsp3) is 0.250. The fourth-order valence-electron chi connectivity index (χ4n) is 3.61. The summed E-state index contributed by atoms with van der Waals surface area (Å²) >= 11 is 0. The Morgan fingerprint density at radius 1 is 1.06 bits per heavy atom. The van der Waals surface area contributed by atoms with Crippen LogP contribution >= 0.6 is 0 Å². The number of amides is 1. The maximum Gasteiger partial charge on any atom is 0.277 e. The van der Waals surface area contributed by atoms with Gasteiger partial charge in [0, 0.05) is 24.2 Å². The molecule has 8 heteroatoms. The largest absolute Gasteiger partial charge is 0.351 e. The van der Waals surface area contributed by atoms with Gasteiger partial charge < -0.3 is 10.6 Å². The van der Waals surface area contributed by atoms with Crippen molar-refractivity contribution in [3.8, 4) is 0 Å². The van der Waals surface area contributed by atoms with Crippen LogP contribution in [0.1, 0.15) is 35.7 Å². The van der Waals surface area contributed by atoms with Crippen LogP contribution in [0, 0.1) is 6.92 Å². The molecule has 0 saturated heterocycles. The molecule has 0 aliphatic rings. The van der Waals surface area contributed by atoms with E-state index in [1.165, 1.54) is 4.52 Å². The van der Waals surface area contributed by atoms with Gasteiger partial charge in [0.15, 0.2) is 0 Å². The third-order valence-electron chi connectivity index (χ3n) is 5.37. The lowest BCUT2D eigenvalue weighted by Crippen LogP contribution is -2.23. The lowest BCUT2D eigenvalue weighted by Gasteiger charge is -2.10. The van der Waals surface area contributed by atoms with Crippen molar-refractivity contribution >= 4 is 23.3 Å². The molecule has 2 aromatic heterocycles. The second kappa shape index (κ2) is 9.47. The van der Waals surface area contributed by atoms with E-state index in [9.17, 15) is 9.59 Å². The first-order valence-corrected chi connectivity index (χ1v) is 10.7. The minimum atomic E-state index is -0.241. The molecule has 8 nitrogen and oxygen atoms in total. The predicted octanol–water partition coefficient (Wildman–Crippen LogP) is 3.47. The number of carbonyl (C=O) groups excluding carboxylic acids is 1. The lowest BCUT2D eigenvalue weighted by atomic mass is 10.1. The summed E-state index contributed by atoms with van der Waals surface area (Å²) in [5.74, 6) is 0.627. The highest BCUT2D eigenvalue weighted by Crippen LogP contribution is 2.16. The maximum atomic E-state index is 13.0. The van der Waals surface area contributed by atoms with Gasteiger partial charge in [0.05, 0.1) is 5.69 Å². The number of nitrogens with zero attached hydrogens (tertiary/aromatic N) is 3. The van der Waals surface area contributed by atoms with Crippen molar-refractivity contribution in [2.75, 3.05) is 10.6 Å². The second-order valence-electron chi connectivity index (χ2n) is 7.59. The van der Waals surface area contributed by atoms with E-state index in [4.69, 9.17) is 0 Å². The van der Waals surface area contributed by atoms with E-state index in [0.717, 1.165) is 23.2 Å². The monoisotopic (exact) mass is 430 g/mol. The fourth-order valence-corrected chi connectivity index (χ4v) is 3.61. The highest BCUT2D eigenvalue weighted by Gasteiger charge is 2.15. The molecule has 3 N–H and O–H groups in total. The standard InChI is InChI=1S/C24H26N6O2/c1-3-18-11-7-8-12-20(18)27-21(31)14-13-19-16(2)26-24-28-23(29-30(24)22(19)32)25-15-17-9-5-4-6-10-17/h4-12H,3,13-15H2,1-2H3,(H,27,31)(H2,25,26,28,29). The smallest absolute Gasteiger partial charge is 0.277 e. The van der Waals surface area contributed by atoms with Crippen LogP contribution in [0.3, 0.4) is 0 Å². The molecule has 0 radical (unpaired) electrons. The highest BCUT2D eigenvalue weighted by atomic mass is 16.1. The Balaban J connectivity index is 1.46. The highest BCUT2D eigenvalue weighted by molar-refractivity contribution is 5.91. The van der Waals surface area contributed by atoms with Gasteiger partial charge in [-0.3, -0.25) is 14.7 Å². The van der Waals surface area contributed by atoms with Gasteiger partial charge in [0.2, 0.25) is 11.9 Å². The molecular formula is C24H26N6O2. The van der Waals surface area contributed by atoms with Crippen LogP contribution in [0.5, 0.6) is 0 Å². The van der Waals surface area contributed by atoms with Crippen molar-refractivity contribution < 1.29 is 4.79 Å². The van der Waals surface area contributed by atoms with Gasteiger partial charge in [0.1, 0.15) is 0 Å². The predicted molar refractivity (Wildman–Crippen MR) is 125 cm³/mol. The number of aromatic nitrogens is 4. The molecule has 0 saturated carbocycles. The Morgan fingerprint density at radius 3 is 2.59 bits per heavy atom. The summed E-state index contributed by atoms with van der Waals surface area (Å²) in [6.45, 7) is 4.39. The topological polar surface area (TPSA) is 104 Å². The van der Waals surface area contributed by atoms with Gasteiger partial charge >= 0.3 is 0 Å². The van der Waals surface area contributed by atoms with Crippen molar-refractivity contribution in [1.82, 2.24) is 19.6 Å². The van der Waals surface area contributed by atoms with Gasteiger partial charge in [0.25, 0.3) is 11.3 Å². The average molecular weight is 431 g/mol. The molecule has 0 fully saturated rings. The summed E-state index contributed by atoms with van der Waals surface area (Å²) in [5, 5.41) is 9.08. The number of para-hydroxylation sites is 1. The molecule has 1 amide bonds. The van der Waals surface area contributed by atoms with Gasteiger partial charge in [-0.1, -0.05) is 55.5 Å². The lowest BCUT2D eigenvalue weighted by molar-refractivity contribution is -0.116. The molecule has 4 rings (SSSR count). The van der Waals surface area contributed by atoms with Crippen molar-refractivity contribution in [2.45, 2.75) is 39.7 Å². The quantitative estimate of drug-likeness (QED) is 0.397. The van der Waals surface area contributed by atoms with E-state index >= 15 is 0 Å². The molecule has 0 spiro atoms. The SMILES string of the molecule is CCc1ccccc1NC(=O)CCc1c(C)nc2nc(NCc3ccccc3)[nH]n2c1=O. The van der Waals surface area contributed by atoms with E-state index in [-0.39, 0.29) is 17.9 Å². The Kier molecular flexibility index (Phi) is 6.30. The third-order valence-corrected chi connectivity index (χ3v) is 5.37. The molecule has 0 aliphatic heterocycles. The van der Waals surface area contributed by atoms with Crippen LogP contribution in [-0.2, 0) is 24.2 Å². The first kappa shape index (κ1) is 21.3. The minimum Gasteiger partial charge on any atom is -0.351 e. The number of hydrogen-bond donors (Lipinski definition) is 3. The number of benzene rings is 2. The van der Waals surface area contributed by atoms with Crippen molar-refractivity contribution in [3.05, 3.63) is 87.3 Å². The molecular weight excluding hydrogens is 404 g/mol. The van der Waals surface area contributed by atoms with E-state index in [1.54, 1.807) is 6.92 Å².